The minimum Gasteiger partial charge on any atom is -0.385 e. The van der Waals surface area contributed by atoms with E-state index in [4.69, 9.17) is 9.26 Å². The van der Waals surface area contributed by atoms with E-state index in [1.807, 2.05) is 0 Å². The van der Waals surface area contributed by atoms with Gasteiger partial charge >= 0.3 is 0 Å². The number of hydrogen-bond acceptors (Lipinski definition) is 7. The number of imide groups is 1. The van der Waals surface area contributed by atoms with Gasteiger partial charge in [0.15, 0.2) is 5.69 Å². The maximum absolute atomic E-state index is 12.5. The Morgan fingerprint density at radius 2 is 1.77 bits per heavy atom. The van der Waals surface area contributed by atoms with E-state index in [1.54, 1.807) is 14.0 Å². The molecule has 4 amide bonds. The second-order valence-electron chi connectivity index (χ2n) is 6.70. The molecule has 1 aromatic heterocycles. The molecule has 0 bridgehead atoms. The van der Waals surface area contributed by atoms with E-state index in [0.29, 0.717) is 18.8 Å². The monoisotopic (exact) mass is 414 g/mol. The zero-order valence-electron chi connectivity index (χ0n) is 16.7. The third-order valence-corrected chi connectivity index (χ3v) is 4.52. The topological polar surface area (TPSA) is 131 Å². The quantitative estimate of drug-likeness (QED) is 0.458. The molecule has 2 N–H and O–H groups in total. The smallest absolute Gasteiger partial charge is 0.273 e. The molecule has 0 saturated carbocycles. The molecule has 0 fully saturated rings. The van der Waals surface area contributed by atoms with Crippen LogP contribution >= 0.6 is 0 Å². The molecule has 0 radical (unpaired) electrons. The van der Waals surface area contributed by atoms with Gasteiger partial charge in [-0.1, -0.05) is 5.16 Å². The summed E-state index contributed by atoms with van der Waals surface area (Å²) in [5.41, 5.74) is 0.909. The summed E-state index contributed by atoms with van der Waals surface area (Å²) in [4.78, 5) is 50.3. The number of hydrogen-bond donors (Lipinski definition) is 2. The van der Waals surface area contributed by atoms with Crippen LogP contribution in [0.1, 0.15) is 53.7 Å². The molecular formula is C20H22N4O6. The number of rotatable bonds is 9. The molecule has 158 valence electrons. The molecule has 0 atom stereocenters. The Morgan fingerprint density at radius 1 is 1.07 bits per heavy atom. The van der Waals surface area contributed by atoms with Gasteiger partial charge in [0.05, 0.1) is 11.1 Å². The largest absolute Gasteiger partial charge is 0.385 e. The van der Waals surface area contributed by atoms with E-state index in [1.165, 1.54) is 24.3 Å². The van der Waals surface area contributed by atoms with Gasteiger partial charge < -0.3 is 19.9 Å². The average molecular weight is 414 g/mol. The fourth-order valence-corrected chi connectivity index (χ4v) is 3.02. The molecule has 0 unspecified atom stereocenters. The van der Waals surface area contributed by atoms with Crippen LogP contribution in [-0.2, 0) is 4.74 Å². The number of carbonyl (C=O) groups excluding carboxylic acids is 4. The Kier molecular flexibility index (Phi) is 6.58. The number of aromatic nitrogens is 1. The lowest BCUT2D eigenvalue weighted by molar-refractivity contribution is 0.0638. The Morgan fingerprint density at radius 3 is 2.43 bits per heavy atom. The Labute approximate surface area is 172 Å². The second-order valence-corrected chi connectivity index (χ2v) is 6.70. The number of ether oxygens (including phenoxy) is 1. The first kappa shape index (κ1) is 21.2. The highest BCUT2D eigenvalue weighted by molar-refractivity contribution is 6.22. The van der Waals surface area contributed by atoms with Crippen LogP contribution in [0, 0.1) is 6.92 Å². The molecule has 0 saturated heterocycles. The number of carbonyl (C=O) groups is 4. The van der Waals surface area contributed by atoms with Crippen molar-refractivity contribution in [3.05, 3.63) is 52.4 Å². The van der Waals surface area contributed by atoms with Gasteiger partial charge in [-0.25, -0.2) is 0 Å². The number of nitrogens with zero attached hydrogens (tertiary/aromatic N) is 2. The molecule has 1 aliphatic heterocycles. The minimum atomic E-state index is -0.420. The zero-order valence-corrected chi connectivity index (χ0v) is 16.7. The van der Waals surface area contributed by atoms with Gasteiger partial charge in [-0.15, -0.1) is 0 Å². The lowest BCUT2D eigenvalue weighted by Gasteiger charge is -2.12. The number of amides is 4. The van der Waals surface area contributed by atoms with Gasteiger partial charge in [-0.05, 0) is 31.5 Å². The van der Waals surface area contributed by atoms with Crippen molar-refractivity contribution < 1.29 is 28.4 Å². The fraction of sp³-hybridized carbons (Fsp3) is 0.350. The Balaban J connectivity index is 1.54. The van der Waals surface area contributed by atoms with Crippen LogP contribution in [0.5, 0.6) is 0 Å². The molecule has 3 rings (SSSR count). The first-order chi connectivity index (χ1) is 14.4. The standard InChI is InChI=1S/C20H22N4O6/c1-12-10-16(23-30-12)18(26)22-7-6-21-17(25)13-4-5-14-15(11-13)20(28)24(19(14)27)8-3-9-29-2/h4-5,10-11H,3,6-9H2,1-2H3,(H,21,25)(H,22,26). The fourth-order valence-electron chi connectivity index (χ4n) is 3.02. The van der Waals surface area contributed by atoms with Gasteiger partial charge in [0.1, 0.15) is 5.76 Å². The SMILES string of the molecule is COCCCN1C(=O)c2ccc(C(=O)NCCNC(=O)c3cc(C)on3)cc2C1=O. The van der Waals surface area contributed by atoms with E-state index in [0.717, 1.165) is 4.90 Å². The lowest BCUT2D eigenvalue weighted by Crippen LogP contribution is -2.34. The predicted molar refractivity (Wildman–Crippen MR) is 104 cm³/mol. The molecule has 30 heavy (non-hydrogen) atoms. The molecule has 10 heteroatoms. The van der Waals surface area contributed by atoms with Gasteiger partial charge in [0.25, 0.3) is 23.6 Å². The number of aryl methyl sites for hydroxylation is 1. The average Bonchev–Trinajstić information content (AvgIpc) is 3.28. The summed E-state index contributed by atoms with van der Waals surface area (Å²) in [6.07, 6.45) is 0.537. The molecule has 0 spiro atoms. The van der Waals surface area contributed by atoms with Crippen molar-refractivity contribution in [3.63, 3.8) is 0 Å². The van der Waals surface area contributed by atoms with Crippen LogP contribution in [0.15, 0.2) is 28.8 Å². The third-order valence-electron chi connectivity index (χ3n) is 4.52. The first-order valence-corrected chi connectivity index (χ1v) is 9.41. The number of fused-ring (bicyclic) bond motifs is 1. The van der Waals surface area contributed by atoms with Gasteiger partial charge in [-0.2, -0.15) is 0 Å². The summed E-state index contributed by atoms with van der Waals surface area (Å²) >= 11 is 0. The van der Waals surface area contributed by atoms with Crippen LogP contribution in [-0.4, -0.2) is 67.0 Å². The normalized spacial score (nSPS) is 12.8. The van der Waals surface area contributed by atoms with Crippen molar-refractivity contribution in [1.82, 2.24) is 20.7 Å². The highest BCUT2D eigenvalue weighted by atomic mass is 16.5. The van der Waals surface area contributed by atoms with Crippen molar-refractivity contribution in [3.8, 4) is 0 Å². The molecule has 10 nitrogen and oxygen atoms in total. The summed E-state index contributed by atoms with van der Waals surface area (Å²) < 4.78 is 9.78. The zero-order chi connectivity index (χ0) is 21.7. The Bertz CT molecular complexity index is 983. The lowest BCUT2D eigenvalue weighted by atomic mass is 10.1. The summed E-state index contributed by atoms with van der Waals surface area (Å²) in [7, 11) is 1.55. The molecule has 2 heterocycles. The van der Waals surface area contributed by atoms with Crippen LogP contribution in [0.4, 0.5) is 0 Å². The molecule has 2 aromatic rings. The second kappa shape index (κ2) is 9.31. The van der Waals surface area contributed by atoms with Crippen molar-refractivity contribution in [1.29, 1.82) is 0 Å². The van der Waals surface area contributed by atoms with E-state index in [-0.39, 0.29) is 47.9 Å². The first-order valence-electron chi connectivity index (χ1n) is 9.41. The van der Waals surface area contributed by atoms with Crippen molar-refractivity contribution in [2.24, 2.45) is 0 Å². The van der Waals surface area contributed by atoms with E-state index >= 15 is 0 Å². The van der Waals surface area contributed by atoms with Crippen LogP contribution in [0.3, 0.4) is 0 Å². The van der Waals surface area contributed by atoms with Crippen molar-refractivity contribution >= 4 is 23.6 Å². The number of methoxy groups -OCH3 is 1. The third kappa shape index (κ3) is 4.54. The predicted octanol–water partition coefficient (Wildman–Crippen LogP) is 0.775. The van der Waals surface area contributed by atoms with Gasteiger partial charge in [-0.3, -0.25) is 24.1 Å². The summed E-state index contributed by atoms with van der Waals surface area (Å²) in [6, 6.07) is 5.90. The maximum Gasteiger partial charge on any atom is 0.273 e. The number of nitrogens with one attached hydrogen (secondary N) is 2. The maximum atomic E-state index is 12.5. The van der Waals surface area contributed by atoms with Gasteiger partial charge in [0, 0.05) is 45.0 Å². The van der Waals surface area contributed by atoms with E-state index < -0.39 is 17.7 Å². The van der Waals surface area contributed by atoms with Crippen LogP contribution in [0.25, 0.3) is 0 Å². The van der Waals surface area contributed by atoms with Gasteiger partial charge in [0.2, 0.25) is 0 Å². The van der Waals surface area contributed by atoms with Crippen LogP contribution in [0.2, 0.25) is 0 Å². The van der Waals surface area contributed by atoms with Crippen molar-refractivity contribution in [2.45, 2.75) is 13.3 Å². The molecule has 0 aliphatic carbocycles. The minimum absolute atomic E-state index is 0.163. The van der Waals surface area contributed by atoms with E-state index in [2.05, 4.69) is 15.8 Å². The highest BCUT2D eigenvalue weighted by Crippen LogP contribution is 2.24. The van der Waals surface area contributed by atoms with E-state index in [9.17, 15) is 19.2 Å². The van der Waals surface area contributed by atoms with Crippen LogP contribution < -0.4 is 10.6 Å². The Hall–Kier alpha value is -3.53. The summed E-state index contributed by atoms with van der Waals surface area (Å²) in [6.45, 7) is 2.73. The molecule has 1 aliphatic rings. The molecule has 1 aromatic carbocycles. The molecular weight excluding hydrogens is 392 g/mol. The summed E-state index contributed by atoms with van der Waals surface area (Å²) in [5.74, 6) is -1.09. The summed E-state index contributed by atoms with van der Waals surface area (Å²) in [5, 5.41) is 8.88. The number of benzene rings is 1. The highest BCUT2D eigenvalue weighted by Gasteiger charge is 2.35. The van der Waals surface area contributed by atoms with Crippen molar-refractivity contribution in [2.75, 3.05) is 33.4 Å².